The van der Waals surface area contributed by atoms with Gasteiger partial charge in [-0.15, -0.1) is 12.4 Å². The monoisotopic (exact) mass is 475 g/mol. The second-order valence-corrected chi connectivity index (χ2v) is 8.64. The minimum Gasteiger partial charge on any atom is -0.493 e. The number of fused-ring (bicyclic) bond motifs is 1. The number of amides is 1. The summed E-state index contributed by atoms with van der Waals surface area (Å²) in [6.45, 7) is 5.44. The van der Waals surface area contributed by atoms with Gasteiger partial charge in [0, 0.05) is 19.2 Å². The van der Waals surface area contributed by atoms with Crippen LogP contribution in [0, 0.1) is 13.8 Å². The highest BCUT2D eigenvalue weighted by molar-refractivity contribution is 7.22. The largest absolute Gasteiger partial charge is 0.493 e. The molecule has 0 N–H and O–H groups in total. The predicted molar refractivity (Wildman–Crippen MR) is 136 cm³/mol. The van der Waals surface area contributed by atoms with Crippen molar-refractivity contribution >= 4 is 51.1 Å². The van der Waals surface area contributed by atoms with E-state index in [0.29, 0.717) is 23.2 Å². The van der Waals surface area contributed by atoms with E-state index in [9.17, 15) is 4.79 Å². The molecule has 8 heteroatoms. The van der Waals surface area contributed by atoms with Gasteiger partial charge in [-0.25, -0.2) is 4.98 Å². The molecular weight excluding hydrogens is 446 g/mol. The van der Waals surface area contributed by atoms with Crippen molar-refractivity contribution in [3.05, 3.63) is 53.1 Å². The van der Waals surface area contributed by atoms with E-state index >= 15 is 0 Å². The van der Waals surface area contributed by atoms with Crippen molar-refractivity contribution in [3.63, 3.8) is 0 Å². The second-order valence-electron chi connectivity index (χ2n) is 7.67. The summed E-state index contributed by atoms with van der Waals surface area (Å²) in [6, 6.07) is 9.77. The van der Waals surface area contributed by atoms with Crippen LogP contribution in [0.2, 0.25) is 0 Å². The molecule has 0 aliphatic heterocycles. The number of benzene rings is 2. The SMILES string of the molecule is COc1ccc(C=CC(=O)N(CCN(C)C)c2nc3cc(C)cc(C)c3s2)cc1OC.Cl. The van der Waals surface area contributed by atoms with Crippen LogP contribution in [-0.4, -0.2) is 57.2 Å². The van der Waals surface area contributed by atoms with Crippen molar-refractivity contribution in [3.8, 4) is 11.5 Å². The van der Waals surface area contributed by atoms with Gasteiger partial charge in [0.15, 0.2) is 16.6 Å². The number of rotatable bonds is 8. The van der Waals surface area contributed by atoms with Gasteiger partial charge in [-0.2, -0.15) is 0 Å². The Kier molecular flexibility index (Phi) is 9.07. The summed E-state index contributed by atoms with van der Waals surface area (Å²) < 4.78 is 11.7. The highest BCUT2D eigenvalue weighted by Gasteiger charge is 2.19. The maximum atomic E-state index is 13.2. The smallest absolute Gasteiger partial charge is 0.252 e. The van der Waals surface area contributed by atoms with Gasteiger partial charge in [-0.1, -0.05) is 23.5 Å². The number of aromatic nitrogens is 1. The number of thiazole rings is 1. The van der Waals surface area contributed by atoms with E-state index in [1.165, 1.54) is 11.1 Å². The molecule has 0 atom stereocenters. The van der Waals surface area contributed by atoms with E-state index in [1.54, 1.807) is 42.6 Å². The summed E-state index contributed by atoms with van der Waals surface area (Å²) >= 11 is 1.56. The van der Waals surface area contributed by atoms with E-state index in [4.69, 9.17) is 14.5 Å². The minimum absolute atomic E-state index is 0. The number of anilines is 1. The van der Waals surface area contributed by atoms with Gasteiger partial charge in [0.25, 0.3) is 5.91 Å². The summed E-state index contributed by atoms with van der Waals surface area (Å²) in [6.07, 6.45) is 3.37. The summed E-state index contributed by atoms with van der Waals surface area (Å²) in [5.41, 5.74) is 4.14. The molecule has 2 aromatic carbocycles. The molecule has 0 radical (unpaired) electrons. The molecule has 0 aliphatic rings. The summed E-state index contributed by atoms with van der Waals surface area (Å²) in [5, 5.41) is 0.715. The van der Waals surface area contributed by atoms with Gasteiger partial charge in [0.2, 0.25) is 0 Å². The Morgan fingerprint density at radius 1 is 1.06 bits per heavy atom. The third-order valence-electron chi connectivity index (χ3n) is 4.90. The molecule has 172 valence electrons. The van der Waals surface area contributed by atoms with Crippen LogP contribution in [0.15, 0.2) is 36.4 Å². The number of ether oxygens (including phenoxy) is 2. The van der Waals surface area contributed by atoms with Crippen LogP contribution in [0.5, 0.6) is 11.5 Å². The number of methoxy groups -OCH3 is 2. The van der Waals surface area contributed by atoms with E-state index in [0.717, 1.165) is 22.3 Å². The normalized spacial score (nSPS) is 11.1. The van der Waals surface area contributed by atoms with Gasteiger partial charge in [0.05, 0.1) is 24.4 Å². The molecule has 0 saturated heterocycles. The minimum atomic E-state index is -0.106. The Morgan fingerprint density at radius 3 is 2.44 bits per heavy atom. The van der Waals surface area contributed by atoms with Crippen molar-refractivity contribution in [1.82, 2.24) is 9.88 Å². The Hall–Kier alpha value is -2.61. The number of carbonyl (C=O) groups is 1. The molecule has 0 bridgehead atoms. The molecule has 3 aromatic rings. The predicted octanol–water partition coefficient (Wildman–Crippen LogP) is 4.96. The lowest BCUT2D eigenvalue weighted by Crippen LogP contribution is -2.35. The summed E-state index contributed by atoms with van der Waals surface area (Å²) in [5.74, 6) is 1.17. The molecule has 0 spiro atoms. The van der Waals surface area contributed by atoms with Gasteiger partial charge in [-0.3, -0.25) is 9.69 Å². The maximum Gasteiger partial charge on any atom is 0.252 e. The number of halogens is 1. The number of aryl methyl sites for hydroxylation is 2. The molecule has 1 amide bonds. The van der Waals surface area contributed by atoms with Crippen molar-refractivity contribution in [2.45, 2.75) is 13.8 Å². The first-order chi connectivity index (χ1) is 14.8. The zero-order valence-electron chi connectivity index (χ0n) is 19.3. The van der Waals surface area contributed by atoms with Crippen LogP contribution in [0.3, 0.4) is 0 Å². The lowest BCUT2D eigenvalue weighted by Gasteiger charge is -2.20. The molecule has 0 fully saturated rings. The molecule has 0 aliphatic carbocycles. The maximum absolute atomic E-state index is 13.2. The quantitative estimate of drug-likeness (QED) is 0.431. The number of carbonyl (C=O) groups excluding carboxylic acids is 1. The van der Waals surface area contributed by atoms with Crippen LogP contribution >= 0.6 is 23.7 Å². The van der Waals surface area contributed by atoms with Crippen molar-refractivity contribution in [2.24, 2.45) is 0 Å². The lowest BCUT2D eigenvalue weighted by molar-refractivity contribution is -0.114. The summed E-state index contributed by atoms with van der Waals surface area (Å²) in [4.78, 5) is 21.7. The molecule has 1 aromatic heterocycles. The molecule has 0 saturated carbocycles. The third-order valence-corrected chi connectivity index (χ3v) is 6.13. The second kappa shape index (κ2) is 11.3. The van der Waals surface area contributed by atoms with Gasteiger partial charge >= 0.3 is 0 Å². The van der Waals surface area contributed by atoms with Crippen LogP contribution in [-0.2, 0) is 4.79 Å². The zero-order chi connectivity index (χ0) is 22.5. The molecule has 32 heavy (non-hydrogen) atoms. The van der Waals surface area contributed by atoms with Crippen molar-refractivity contribution in [2.75, 3.05) is 46.3 Å². The average molecular weight is 476 g/mol. The Balaban J connectivity index is 0.00000363. The first kappa shape index (κ1) is 25.6. The summed E-state index contributed by atoms with van der Waals surface area (Å²) in [7, 11) is 7.18. The van der Waals surface area contributed by atoms with Gasteiger partial charge < -0.3 is 14.4 Å². The molecule has 3 rings (SSSR count). The number of nitrogens with zero attached hydrogens (tertiary/aromatic N) is 3. The van der Waals surface area contributed by atoms with Gasteiger partial charge in [-0.05, 0) is 68.9 Å². The lowest BCUT2D eigenvalue weighted by atomic mass is 10.1. The van der Waals surface area contributed by atoms with E-state index < -0.39 is 0 Å². The number of hydrogen-bond acceptors (Lipinski definition) is 6. The molecule has 1 heterocycles. The van der Waals surface area contributed by atoms with E-state index in [2.05, 4.69) is 30.9 Å². The molecule has 0 unspecified atom stereocenters. The first-order valence-corrected chi connectivity index (χ1v) is 10.9. The van der Waals surface area contributed by atoms with Crippen LogP contribution in [0.1, 0.15) is 16.7 Å². The average Bonchev–Trinajstić information content (AvgIpc) is 3.15. The Morgan fingerprint density at radius 2 is 1.78 bits per heavy atom. The Labute approximate surface area is 199 Å². The highest BCUT2D eigenvalue weighted by Crippen LogP contribution is 2.32. The zero-order valence-corrected chi connectivity index (χ0v) is 21.0. The topological polar surface area (TPSA) is 54.9 Å². The van der Waals surface area contributed by atoms with Crippen molar-refractivity contribution in [1.29, 1.82) is 0 Å². The fraction of sp³-hybridized carbons (Fsp3) is 0.333. The standard InChI is InChI=1S/C24H29N3O3S.ClH/c1-16-13-17(2)23-19(14-16)25-24(31-23)27(12-11-26(3)4)22(28)10-8-18-7-9-20(29-5)21(15-18)30-6;/h7-10,13-15H,11-12H2,1-6H3;1H. The van der Waals surface area contributed by atoms with Crippen LogP contribution in [0.4, 0.5) is 5.13 Å². The fourth-order valence-corrected chi connectivity index (χ4v) is 4.34. The molecule has 6 nitrogen and oxygen atoms in total. The van der Waals surface area contributed by atoms with Crippen LogP contribution < -0.4 is 14.4 Å². The molecular formula is C24H30ClN3O3S. The fourth-order valence-electron chi connectivity index (χ4n) is 3.29. The third kappa shape index (κ3) is 6.00. The number of likely N-dealkylation sites (N-methyl/N-ethyl adjacent to an activating group) is 1. The Bertz CT molecular complexity index is 1110. The van der Waals surface area contributed by atoms with Crippen molar-refractivity contribution < 1.29 is 14.3 Å². The van der Waals surface area contributed by atoms with Gasteiger partial charge in [0.1, 0.15) is 0 Å². The first-order valence-electron chi connectivity index (χ1n) is 10.1. The van der Waals surface area contributed by atoms with E-state index in [-0.39, 0.29) is 18.3 Å². The van der Waals surface area contributed by atoms with Crippen LogP contribution in [0.25, 0.3) is 16.3 Å². The highest BCUT2D eigenvalue weighted by atomic mass is 35.5. The number of hydrogen-bond donors (Lipinski definition) is 0. The van der Waals surface area contributed by atoms with E-state index in [1.807, 2.05) is 32.3 Å².